The van der Waals surface area contributed by atoms with Gasteiger partial charge in [-0.2, -0.15) is 0 Å². The lowest BCUT2D eigenvalue weighted by Crippen LogP contribution is -2.49. The molecule has 1 aliphatic rings. The highest BCUT2D eigenvalue weighted by Gasteiger charge is 2.39. The average Bonchev–Trinajstić information content (AvgIpc) is 2.96. The lowest BCUT2D eigenvalue weighted by Gasteiger charge is -2.35. The van der Waals surface area contributed by atoms with Crippen molar-refractivity contribution in [3.8, 4) is 0 Å². The van der Waals surface area contributed by atoms with Crippen LogP contribution in [0.15, 0.2) is 24.3 Å². The Hall–Kier alpha value is -1.21. The zero-order valence-corrected chi connectivity index (χ0v) is 14.8. The van der Waals surface area contributed by atoms with Crippen molar-refractivity contribution in [1.82, 2.24) is 15.6 Å². The highest BCUT2D eigenvalue weighted by Crippen LogP contribution is 2.30. The number of para-hydroxylation sites is 1. The van der Waals surface area contributed by atoms with Crippen molar-refractivity contribution in [2.75, 3.05) is 26.8 Å². The second-order valence-corrected chi connectivity index (χ2v) is 6.84. The maximum absolute atomic E-state index is 12.7. The van der Waals surface area contributed by atoms with Crippen molar-refractivity contribution in [1.29, 1.82) is 0 Å². The first kappa shape index (κ1) is 18.1. The zero-order chi connectivity index (χ0) is 15.4. The van der Waals surface area contributed by atoms with E-state index in [1.165, 1.54) is 0 Å². The zero-order valence-electron chi connectivity index (χ0n) is 13.1. The maximum Gasteiger partial charge on any atom is 0.228 e. The van der Waals surface area contributed by atoms with Crippen LogP contribution >= 0.6 is 23.7 Å². The van der Waals surface area contributed by atoms with E-state index in [0.717, 1.165) is 41.2 Å². The number of ether oxygens (including phenoxy) is 1. The average molecular weight is 356 g/mol. The number of amides is 1. The molecule has 5 nitrogen and oxygen atoms in total. The number of aromatic nitrogens is 1. The SMILES string of the molecule is COCC1(C(=O)NCc2nc3ccccc3s2)CCNCC1.Cl. The first-order valence-corrected chi connectivity index (χ1v) is 8.38. The van der Waals surface area contributed by atoms with Gasteiger partial charge in [-0.3, -0.25) is 4.79 Å². The molecule has 0 atom stereocenters. The minimum Gasteiger partial charge on any atom is -0.384 e. The molecule has 0 aliphatic carbocycles. The summed E-state index contributed by atoms with van der Waals surface area (Å²) in [6, 6.07) is 8.03. The van der Waals surface area contributed by atoms with Crippen molar-refractivity contribution >= 4 is 39.9 Å². The summed E-state index contributed by atoms with van der Waals surface area (Å²) in [7, 11) is 1.66. The fourth-order valence-electron chi connectivity index (χ4n) is 2.96. The second kappa shape index (κ2) is 8.06. The lowest BCUT2D eigenvalue weighted by molar-refractivity contribution is -0.136. The standard InChI is InChI=1S/C16H21N3O2S.ClH/c1-21-11-16(6-8-17-9-7-16)15(20)18-10-14-19-12-4-2-3-5-13(12)22-14;/h2-5,17H,6-11H2,1H3,(H,18,20);1H. The quantitative estimate of drug-likeness (QED) is 0.864. The van der Waals surface area contributed by atoms with E-state index in [1.807, 2.05) is 18.2 Å². The molecule has 2 heterocycles. The van der Waals surface area contributed by atoms with Crippen molar-refractivity contribution in [2.24, 2.45) is 5.41 Å². The molecule has 0 spiro atoms. The van der Waals surface area contributed by atoms with Gasteiger partial charge in [0.1, 0.15) is 5.01 Å². The molecule has 1 aromatic heterocycles. The van der Waals surface area contributed by atoms with Crippen LogP contribution in [0.4, 0.5) is 0 Å². The molecule has 1 aliphatic heterocycles. The van der Waals surface area contributed by atoms with Gasteiger partial charge in [-0.15, -0.1) is 23.7 Å². The van der Waals surface area contributed by atoms with Crippen LogP contribution in [0.1, 0.15) is 17.8 Å². The van der Waals surface area contributed by atoms with E-state index in [-0.39, 0.29) is 18.3 Å². The number of hydrogen-bond donors (Lipinski definition) is 2. The van der Waals surface area contributed by atoms with E-state index in [9.17, 15) is 4.79 Å². The van der Waals surface area contributed by atoms with Crippen molar-refractivity contribution in [3.05, 3.63) is 29.3 Å². The second-order valence-electron chi connectivity index (χ2n) is 5.72. The number of carbonyl (C=O) groups excluding carboxylic acids is 1. The van der Waals surface area contributed by atoms with Gasteiger partial charge < -0.3 is 15.4 Å². The molecule has 2 N–H and O–H groups in total. The van der Waals surface area contributed by atoms with E-state index >= 15 is 0 Å². The van der Waals surface area contributed by atoms with Crippen LogP contribution in [-0.2, 0) is 16.1 Å². The molecule has 126 valence electrons. The monoisotopic (exact) mass is 355 g/mol. The van der Waals surface area contributed by atoms with Gasteiger partial charge in [-0.1, -0.05) is 12.1 Å². The number of thiazole rings is 1. The first-order chi connectivity index (χ1) is 10.7. The lowest BCUT2D eigenvalue weighted by atomic mass is 9.78. The number of nitrogens with one attached hydrogen (secondary N) is 2. The molecule has 3 rings (SSSR count). The van der Waals surface area contributed by atoms with Gasteiger partial charge in [0.25, 0.3) is 0 Å². The predicted molar refractivity (Wildman–Crippen MR) is 95.1 cm³/mol. The fourth-order valence-corrected chi connectivity index (χ4v) is 3.86. The summed E-state index contributed by atoms with van der Waals surface area (Å²) in [5, 5.41) is 7.30. The summed E-state index contributed by atoms with van der Waals surface area (Å²) >= 11 is 1.63. The predicted octanol–water partition coefficient (Wildman–Crippen LogP) is 2.35. The molecule has 7 heteroatoms. The van der Waals surface area contributed by atoms with Gasteiger partial charge in [0.15, 0.2) is 0 Å². The molecular formula is C16H22ClN3O2S. The third-order valence-corrected chi connectivity index (χ3v) is 5.24. The minimum absolute atomic E-state index is 0. The Morgan fingerprint density at radius 2 is 2.13 bits per heavy atom. The van der Waals surface area contributed by atoms with E-state index in [1.54, 1.807) is 18.4 Å². The number of rotatable bonds is 5. The number of nitrogens with zero attached hydrogens (tertiary/aromatic N) is 1. The Balaban J connectivity index is 0.00000192. The largest absolute Gasteiger partial charge is 0.384 e. The number of piperidine rings is 1. The van der Waals surface area contributed by atoms with Crippen LogP contribution in [-0.4, -0.2) is 37.7 Å². The molecule has 0 bridgehead atoms. The highest BCUT2D eigenvalue weighted by atomic mass is 35.5. The third kappa shape index (κ3) is 4.01. The molecule has 0 saturated carbocycles. The Kier molecular flexibility index (Phi) is 6.35. The van der Waals surface area contributed by atoms with Gasteiger partial charge in [-0.05, 0) is 38.1 Å². The minimum atomic E-state index is -0.406. The third-order valence-electron chi connectivity index (χ3n) is 4.20. The van der Waals surface area contributed by atoms with Gasteiger partial charge in [0, 0.05) is 7.11 Å². The van der Waals surface area contributed by atoms with Crippen molar-refractivity contribution in [2.45, 2.75) is 19.4 Å². The maximum atomic E-state index is 12.7. The fraction of sp³-hybridized carbons (Fsp3) is 0.500. The van der Waals surface area contributed by atoms with Crippen LogP contribution in [0, 0.1) is 5.41 Å². The number of fused-ring (bicyclic) bond motifs is 1. The van der Waals surface area contributed by atoms with Crippen LogP contribution in [0.5, 0.6) is 0 Å². The van der Waals surface area contributed by atoms with Gasteiger partial charge in [0.2, 0.25) is 5.91 Å². The first-order valence-electron chi connectivity index (χ1n) is 7.56. The van der Waals surface area contributed by atoms with E-state index in [2.05, 4.69) is 21.7 Å². The smallest absolute Gasteiger partial charge is 0.228 e. The Morgan fingerprint density at radius 1 is 1.39 bits per heavy atom. The number of halogens is 1. The summed E-state index contributed by atoms with van der Waals surface area (Å²) in [4.78, 5) is 17.2. The normalized spacial score (nSPS) is 16.7. The molecule has 1 fully saturated rings. The van der Waals surface area contributed by atoms with Crippen molar-refractivity contribution < 1.29 is 9.53 Å². The van der Waals surface area contributed by atoms with E-state index in [4.69, 9.17) is 4.74 Å². The van der Waals surface area contributed by atoms with Gasteiger partial charge in [-0.25, -0.2) is 4.98 Å². The Labute approximate surface area is 146 Å². The molecule has 1 amide bonds. The molecule has 2 aromatic rings. The van der Waals surface area contributed by atoms with E-state index in [0.29, 0.717) is 13.2 Å². The summed E-state index contributed by atoms with van der Waals surface area (Å²) in [5.41, 5.74) is 0.585. The molecule has 0 radical (unpaired) electrons. The molecule has 0 unspecified atom stereocenters. The number of hydrogen-bond acceptors (Lipinski definition) is 5. The number of benzene rings is 1. The molecule has 23 heavy (non-hydrogen) atoms. The van der Waals surface area contributed by atoms with Crippen LogP contribution in [0.25, 0.3) is 10.2 Å². The summed E-state index contributed by atoms with van der Waals surface area (Å²) in [5.74, 6) is 0.0788. The molecule has 1 saturated heterocycles. The van der Waals surface area contributed by atoms with Gasteiger partial charge in [0.05, 0.1) is 28.8 Å². The van der Waals surface area contributed by atoms with Gasteiger partial charge >= 0.3 is 0 Å². The van der Waals surface area contributed by atoms with Crippen molar-refractivity contribution in [3.63, 3.8) is 0 Å². The van der Waals surface area contributed by atoms with Crippen LogP contribution < -0.4 is 10.6 Å². The number of methoxy groups -OCH3 is 1. The van der Waals surface area contributed by atoms with E-state index < -0.39 is 5.41 Å². The van der Waals surface area contributed by atoms with Crippen LogP contribution in [0.3, 0.4) is 0 Å². The molecular weight excluding hydrogens is 334 g/mol. The summed E-state index contributed by atoms with van der Waals surface area (Å²) in [6.07, 6.45) is 1.62. The van der Waals surface area contributed by atoms with Crippen LogP contribution in [0.2, 0.25) is 0 Å². The highest BCUT2D eigenvalue weighted by molar-refractivity contribution is 7.18. The summed E-state index contributed by atoms with van der Waals surface area (Å²) in [6.45, 7) is 2.67. The molecule has 1 aromatic carbocycles. The topological polar surface area (TPSA) is 63.2 Å². The number of carbonyl (C=O) groups is 1. The Bertz CT molecular complexity index is 617. The Morgan fingerprint density at radius 3 is 2.83 bits per heavy atom. The summed E-state index contributed by atoms with van der Waals surface area (Å²) < 4.78 is 6.46.